The first-order chi connectivity index (χ1) is 37.8. The van der Waals surface area contributed by atoms with Crippen LogP contribution in [0.5, 0.6) is 0 Å². The minimum Gasteiger partial charge on any atom is -0.460 e. The van der Waals surface area contributed by atoms with Gasteiger partial charge in [0.1, 0.15) is 42.4 Å². The van der Waals surface area contributed by atoms with E-state index in [4.69, 9.17) is 9.47 Å². The lowest BCUT2D eigenvalue weighted by Gasteiger charge is -2.28. The number of hydrogen-bond donors (Lipinski definition) is 6. The van der Waals surface area contributed by atoms with Crippen LogP contribution in [0.15, 0.2) is 128 Å². The lowest BCUT2D eigenvalue weighted by atomic mass is 9.98. The molecule has 414 valence electrons. The van der Waals surface area contributed by atoms with E-state index >= 15 is 0 Å². The second-order valence-electron chi connectivity index (χ2n) is 22.3. The molecule has 0 radical (unpaired) electrons. The number of carbonyl (C=O) groups excluding carboxylic acids is 7. The Labute approximate surface area is 466 Å². The Bertz CT molecular complexity index is 3130. The van der Waals surface area contributed by atoms with E-state index in [0.29, 0.717) is 5.75 Å². The molecule has 5 amide bonds. The first kappa shape index (κ1) is 57.5. The summed E-state index contributed by atoms with van der Waals surface area (Å²) >= 11 is 1.18. The molecule has 2 aliphatic carbocycles. The molecule has 5 atom stereocenters. The van der Waals surface area contributed by atoms with Crippen LogP contribution >= 0.6 is 11.8 Å². The van der Waals surface area contributed by atoms with Crippen molar-refractivity contribution >= 4 is 63.5 Å². The molecule has 0 fully saturated rings. The van der Waals surface area contributed by atoms with Crippen molar-refractivity contribution in [3.63, 3.8) is 0 Å². The molecule has 0 bridgehead atoms. The largest absolute Gasteiger partial charge is 0.460 e. The van der Waals surface area contributed by atoms with Gasteiger partial charge in [-0.1, -0.05) is 155 Å². The number of rotatable bonds is 22. The van der Waals surface area contributed by atoms with Crippen LogP contribution in [-0.4, -0.2) is 94.0 Å². The number of para-hydroxylation sites is 1. The van der Waals surface area contributed by atoms with Crippen molar-refractivity contribution in [3.05, 3.63) is 155 Å². The number of amides is 5. The van der Waals surface area contributed by atoms with Gasteiger partial charge in [-0.25, -0.2) is 4.79 Å². The van der Waals surface area contributed by atoms with Gasteiger partial charge in [-0.15, -0.1) is 0 Å². The third kappa shape index (κ3) is 14.1. The second kappa shape index (κ2) is 25.4. The van der Waals surface area contributed by atoms with Crippen LogP contribution in [0.1, 0.15) is 114 Å². The fourth-order valence-electron chi connectivity index (χ4n) is 10.6. The van der Waals surface area contributed by atoms with Gasteiger partial charge in [-0.2, -0.15) is 0 Å². The number of H-pyrrole nitrogens is 1. The monoisotopic (exact) mass is 1090 g/mol. The molecular weight excluding hydrogens is 1020 g/mol. The number of hydrogen-bond acceptors (Lipinski definition) is 10. The van der Waals surface area contributed by atoms with Gasteiger partial charge in [0.15, 0.2) is 0 Å². The van der Waals surface area contributed by atoms with Gasteiger partial charge in [0.05, 0.1) is 0 Å². The van der Waals surface area contributed by atoms with Crippen LogP contribution in [0, 0.1) is 11.8 Å². The number of fused-ring (bicyclic) bond motifs is 7. The van der Waals surface area contributed by atoms with Crippen LogP contribution in [0.25, 0.3) is 33.2 Å². The summed E-state index contributed by atoms with van der Waals surface area (Å²) in [5.74, 6) is -3.63. The lowest BCUT2D eigenvalue weighted by molar-refractivity contribution is -0.155. The van der Waals surface area contributed by atoms with Crippen molar-refractivity contribution in [1.29, 1.82) is 0 Å². The molecule has 0 aliphatic heterocycles. The summed E-state index contributed by atoms with van der Waals surface area (Å²) in [6.07, 6.45) is 0.963. The number of esters is 1. The fourth-order valence-corrected chi connectivity index (χ4v) is 11.6. The summed E-state index contributed by atoms with van der Waals surface area (Å²) in [4.78, 5) is 101. The number of thioether (sulfide) groups is 1. The molecule has 0 saturated carbocycles. The highest BCUT2D eigenvalue weighted by Crippen LogP contribution is 2.46. The molecule has 15 nitrogen and oxygen atoms in total. The van der Waals surface area contributed by atoms with E-state index in [0.717, 1.165) is 61.0 Å². The summed E-state index contributed by atoms with van der Waals surface area (Å²) in [5, 5.41) is 14.6. The zero-order valence-electron chi connectivity index (χ0n) is 46.1. The summed E-state index contributed by atoms with van der Waals surface area (Å²) in [5.41, 5.74) is 9.62. The van der Waals surface area contributed by atoms with Crippen molar-refractivity contribution in [2.24, 2.45) is 11.8 Å². The Hall–Kier alpha value is -7.72. The summed E-state index contributed by atoms with van der Waals surface area (Å²) in [6, 6.07) is 34.2. The molecule has 6 N–H and O–H groups in total. The van der Waals surface area contributed by atoms with E-state index in [1.807, 2.05) is 117 Å². The van der Waals surface area contributed by atoms with Crippen molar-refractivity contribution in [1.82, 2.24) is 31.6 Å². The average molecular weight is 1090 g/mol. The minimum absolute atomic E-state index is 0.0216. The standard InChI is InChI=1S/C63H72N6O9S/c1-36(2)31-53(59(73)67-54(32-39-33-64-51-28-18-17-19-40(39)51)61(75)79-35-50-47-26-15-11-22-43(47)44-23-12-16-27-48(44)50)66-60(74)56(37(3)4)69-57(71)38(5)65-58(72)52(29-30-55(70)78-63(6,7)8)68-62(76)77-34-49-45-24-13-9-20-41(45)42-21-10-14-25-46(42)49/h9-28,33,36-38,49-50,52-54,56,64H,29-32,34-35H2,1-8H3,(H,65,72)(H,66,74)(H,67,73)(H,68,76)(H,69,71)/t38-,52+,53-,54+,56+/m0/s1. The van der Waals surface area contributed by atoms with E-state index in [-0.39, 0.29) is 55.2 Å². The van der Waals surface area contributed by atoms with Gasteiger partial charge in [0.25, 0.3) is 0 Å². The Kier molecular flexibility index (Phi) is 18.5. The maximum atomic E-state index is 14.6. The van der Waals surface area contributed by atoms with Crippen LogP contribution in [0.3, 0.4) is 0 Å². The molecule has 0 saturated heterocycles. The number of aromatic amines is 1. The number of aromatic nitrogens is 1. The molecule has 16 heteroatoms. The maximum Gasteiger partial charge on any atom is 0.407 e. The van der Waals surface area contributed by atoms with Crippen LogP contribution < -0.4 is 26.6 Å². The van der Waals surface area contributed by atoms with Gasteiger partial charge >= 0.3 is 12.1 Å². The first-order valence-electron chi connectivity index (χ1n) is 27.2. The maximum absolute atomic E-state index is 14.6. The molecule has 1 heterocycles. The summed E-state index contributed by atoms with van der Waals surface area (Å²) in [6.45, 7) is 13.9. The van der Waals surface area contributed by atoms with Crippen LogP contribution in [0.2, 0.25) is 0 Å². The van der Waals surface area contributed by atoms with Crippen molar-refractivity contribution in [2.45, 2.75) is 129 Å². The van der Waals surface area contributed by atoms with Gasteiger partial charge in [0.2, 0.25) is 28.7 Å². The Balaban J connectivity index is 0.924. The number of ether oxygens (including phenoxy) is 2. The Morgan fingerprint density at radius 2 is 1.10 bits per heavy atom. The van der Waals surface area contributed by atoms with Gasteiger partial charge in [0, 0.05) is 47.5 Å². The van der Waals surface area contributed by atoms with E-state index in [1.54, 1.807) is 34.6 Å². The predicted octanol–water partition coefficient (Wildman–Crippen LogP) is 9.47. The lowest BCUT2D eigenvalue weighted by Crippen LogP contribution is -2.59. The summed E-state index contributed by atoms with van der Waals surface area (Å²) < 4.78 is 11.2. The van der Waals surface area contributed by atoms with Gasteiger partial charge < -0.3 is 41.0 Å². The SMILES string of the molecule is CC(C)C[C@H](NC(=O)[C@H](NC(=O)[C@H](C)NC(=O)[C@@H](CCC(=O)OC(C)(C)C)NC(=O)OCC1c2ccccc2-c2ccccc21)C(C)C)C(=O)N[C@H](Cc1c[nH]c2ccccc12)C(=O)SCC1c2ccccc2-c2ccccc21. The van der Waals surface area contributed by atoms with E-state index in [2.05, 4.69) is 55.8 Å². The normalized spacial score (nSPS) is 14.7. The van der Waals surface area contributed by atoms with Crippen LogP contribution in [-0.2, 0) is 44.7 Å². The molecule has 79 heavy (non-hydrogen) atoms. The highest BCUT2D eigenvalue weighted by Gasteiger charge is 2.36. The number of benzene rings is 5. The molecule has 5 aromatic carbocycles. The second-order valence-corrected chi connectivity index (χ2v) is 23.3. The number of nitrogens with one attached hydrogen (secondary N) is 6. The zero-order valence-corrected chi connectivity index (χ0v) is 47.0. The highest BCUT2D eigenvalue weighted by atomic mass is 32.2. The average Bonchev–Trinajstić information content (AvgIpc) is 4.13. The summed E-state index contributed by atoms with van der Waals surface area (Å²) in [7, 11) is 0. The van der Waals surface area contributed by atoms with E-state index in [9.17, 15) is 33.6 Å². The molecule has 1 aromatic heterocycles. The van der Waals surface area contributed by atoms with Gasteiger partial charge in [-0.3, -0.25) is 28.8 Å². The molecule has 6 aromatic rings. The van der Waals surface area contributed by atoms with Crippen molar-refractivity contribution in [3.8, 4) is 22.3 Å². The molecular formula is C63H72N6O9S. The van der Waals surface area contributed by atoms with Crippen LogP contribution in [0.4, 0.5) is 4.79 Å². The molecule has 0 unspecified atom stereocenters. The highest BCUT2D eigenvalue weighted by molar-refractivity contribution is 8.13. The smallest absolute Gasteiger partial charge is 0.407 e. The van der Waals surface area contributed by atoms with Gasteiger partial charge in [-0.05, 0) is 109 Å². The Morgan fingerprint density at radius 3 is 1.66 bits per heavy atom. The molecule has 2 aliphatic rings. The molecule has 0 spiro atoms. The Morgan fingerprint density at radius 1 is 0.582 bits per heavy atom. The van der Waals surface area contributed by atoms with E-state index < -0.39 is 77.4 Å². The quantitative estimate of drug-likeness (QED) is 0.0354. The third-order valence-corrected chi connectivity index (χ3v) is 15.5. The van der Waals surface area contributed by atoms with Crippen molar-refractivity contribution < 1.29 is 43.0 Å². The predicted molar refractivity (Wildman–Crippen MR) is 308 cm³/mol. The van der Waals surface area contributed by atoms with E-state index in [1.165, 1.54) is 18.7 Å². The number of alkyl carbamates (subject to hydrolysis) is 1. The zero-order chi connectivity index (χ0) is 56.5. The van der Waals surface area contributed by atoms with Crippen molar-refractivity contribution in [2.75, 3.05) is 12.4 Å². The first-order valence-corrected chi connectivity index (χ1v) is 28.2. The topological polar surface area (TPSA) is 214 Å². The third-order valence-electron chi connectivity index (χ3n) is 14.4. The number of carbonyl (C=O) groups is 7. The fraction of sp³-hybridized carbons (Fsp3) is 0.381. The molecule has 8 rings (SSSR count). The minimum atomic E-state index is -1.32.